The minimum Gasteiger partial charge on any atom is -0.378 e. The molecule has 0 atom stereocenters. The van der Waals surface area contributed by atoms with Gasteiger partial charge in [-0.3, -0.25) is 14.9 Å². The molecule has 2 aromatic carbocycles. The van der Waals surface area contributed by atoms with Crippen LogP contribution in [0.2, 0.25) is 0 Å². The third-order valence-electron chi connectivity index (χ3n) is 4.14. The maximum atomic E-state index is 12.8. The predicted octanol–water partition coefficient (Wildman–Crippen LogP) is 2.43. The maximum Gasteiger partial charge on any atom is 0.274 e. The summed E-state index contributed by atoms with van der Waals surface area (Å²) in [5.41, 5.74) is 2.73. The summed E-state index contributed by atoms with van der Waals surface area (Å²) in [6, 6.07) is 12.2. The van der Waals surface area contributed by atoms with Crippen LogP contribution in [0.1, 0.15) is 5.56 Å². The van der Waals surface area contributed by atoms with Crippen molar-refractivity contribution in [2.45, 2.75) is 0 Å². The van der Waals surface area contributed by atoms with Crippen molar-refractivity contribution in [1.82, 2.24) is 9.38 Å². The fourth-order valence-electron chi connectivity index (χ4n) is 2.78. The van der Waals surface area contributed by atoms with E-state index < -0.39 is 4.92 Å². The molecular weight excluding hydrogens is 352 g/mol. The summed E-state index contributed by atoms with van der Waals surface area (Å²) in [6.45, 7) is 0. The van der Waals surface area contributed by atoms with E-state index in [0.717, 1.165) is 11.3 Å². The molecule has 0 aliphatic carbocycles. The molecule has 0 saturated carbocycles. The van der Waals surface area contributed by atoms with Crippen LogP contribution in [0.3, 0.4) is 0 Å². The van der Waals surface area contributed by atoms with Gasteiger partial charge >= 0.3 is 0 Å². The largest absolute Gasteiger partial charge is 0.378 e. The topological polar surface area (TPSA) is 80.8 Å². The summed E-state index contributed by atoms with van der Waals surface area (Å²) < 4.78 is 1.98. The second kappa shape index (κ2) is 5.92. The smallest absolute Gasteiger partial charge is 0.274 e. The van der Waals surface area contributed by atoms with Crippen LogP contribution in [-0.2, 0) is 0 Å². The van der Waals surface area contributed by atoms with E-state index in [1.807, 2.05) is 49.3 Å². The molecule has 0 spiro atoms. The fraction of sp³-hybridized carbons (Fsp3) is 0.111. The summed E-state index contributed by atoms with van der Waals surface area (Å²) >= 11 is 1.27. The molecule has 8 heteroatoms. The summed E-state index contributed by atoms with van der Waals surface area (Å²) in [5.74, 6) is 0. The van der Waals surface area contributed by atoms with Gasteiger partial charge in [-0.05, 0) is 29.8 Å². The Kier molecular flexibility index (Phi) is 3.69. The van der Waals surface area contributed by atoms with E-state index in [9.17, 15) is 14.9 Å². The first-order valence-electron chi connectivity index (χ1n) is 7.82. The number of nitro benzene ring substituents is 1. The Balaban J connectivity index is 1.89. The zero-order valence-electron chi connectivity index (χ0n) is 14.0. The summed E-state index contributed by atoms with van der Waals surface area (Å²) in [5, 5.41) is 11.0. The molecule has 4 rings (SSSR count). The van der Waals surface area contributed by atoms with Crippen molar-refractivity contribution >= 4 is 44.8 Å². The van der Waals surface area contributed by atoms with Crippen molar-refractivity contribution in [3.05, 3.63) is 73.0 Å². The number of benzene rings is 2. The number of nitro groups is 1. The van der Waals surface area contributed by atoms with E-state index in [0.29, 0.717) is 20.5 Å². The monoisotopic (exact) mass is 366 g/mol. The number of fused-ring (bicyclic) bond motifs is 3. The highest BCUT2D eigenvalue weighted by molar-refractivity contribution is 7.15. The van der Waals surface area contributed by atoms with Gasteiger partial charge in [-0.25, -0.2) is 9.38 Å². The highest BCUT2D eigenvalue weighted by Gasteiger charge is 2.14. The third kappa shape index (κ3) is 2.60. The normalized spacial score (nSPS) is 12.2. The standard InChI is InChI=1S/C18H14N4O3S/c1-20(2)12-5-3-11(4-6-12)9-16-17(23)21-15-10-13(22(24)25)7-8-14(15)19-18(21)26-16/h3-10H,1-2H3/b16-9-. The highest BCUT2D eigenvalue weighted by Crippen LogP contribution is 2.22. The number of imidazole rings is 1. The lowest BCUT2D eigenvalue weighted by atomic mass is 10.2. The molecule has 7 nitrogen and oxygen atoms in total. The van der Waals surface area contributed by atoms with Crippen molar-refractivity contribution in [3.8, 4) is 0 Å². The van der Waals surface area contributed by atoms with Crippen LogP contribution in [0.25, 0.3) is 22.1 Å². The summed E-state index contributed by atoms with van der Waals surface area (Å²) in [4.78, 5) is 30.2. The van der Waals surface area contributed by atoms with Crippen molar-refractivity contribution in [2.24, 2.45) is 0 Å². The Morgan fingerprint density at radius 3 is 2.58 bits per heavy atom. The van der Waals surface area contributed by atoms with E-state index in [-0.39, 0.29) is 11.2 Å². The second-order valence-corrected chi connectivity index (χ2v) is 7.07. The molecule has 0 radical (unpaired) electrons. The number of aromatic nitrogens is 2. The molecule has 0 N–H and O–H groups in total. The SMILES string of the molecule is CN(C)c1ccc(/C=c2\sc3nc4ccc([N+](=O)[O-])cc4n3c2=O)cc1. The van der Waals surface area contributed by atoms with Crippen LogP contribution >= 0.6 is 11.3 Å². The quantitative estimate of drug-likeness (QED) is 0.411. The van der Waals surface area contributed by atoms with Crippen molar-refractivity contribution in [3.63, 3.8) is 0 Å². The van der Waals surface area contributed by atoms with Crippen molar-refractivity contribution in [2.75, 3.05) is 19.0 Å². The molecule has 0 bridgehead atoms. The molecule has 130 valence electrons. The van der Waals surface area contributed by atoms with Gasteiger partial charge in [0, 0.05) is 31.9 Å². The Labute approximate surface area is 151 Å². The molecule has 0 saturated heterocycles. The van der Waals surface area contributed by atoms with E-state index in [2.05, 4.69) is 4.98 Å². The highest BCUT2D eigenvalue weighted by atomic mass is 32.1. The second-order valence-electron chi connectivity index (χ2n) is 6.06. The maximum absolute atomic E-state index is 12.8. The van der Waals surface area contributed by atoms with Gasteiger partial charge in [0.25, 0.3) is 11.2 Å². The molecule has 2 aromatic heterocycles. The molecule has 26 heavy (non-hydrogen) atoms. The van der Waals surface area contributed by atoms with Crippen LogP contribution in [-0.4, -0.2) is 28.4 Å². The molecule has 0 aliphatic rings. The molecule has 0 aliphatic heterocycles. The lowest BCUT2D eigenvalue weighted by Crippen LogP contribution is -2.22. The number of rotatable bonds is 3. The first-order chi connectivity index (χ1) is 12.4. The number of anilines is 1. The third-order valence-corrected chi connectivity index (χ3v) is 5.11. The van der Waals surface area contributed by atoms with Crippen LogP contribution < -0.4 is 15.0 Å². The summed E-state index contributed by atoms with van der Waals surface area (Å²) in [7, 11) is 3.93. The average Bonchev–Trinajstić information content (AvgIpc) is 3.11. The molecule has 0 amide bonds. The van der Waals surface area contributed by atoms with Gasteiger partial charge in [0.05, 0.1) is 20.5 Å². The summed E-state index contributed by atoms with van der Waals surface area (Å²) in [6.07, 6.45) is 1.81. The predicted molar refractivity (Wildman–Crippen MR) is 103 cm³/mol. The van der Waals surface area contributed by atoms with E-state index in [4.69, 9.17) is 0 Å². The Morgan fingerprint density at radius 1 is 1.19 bits per heavy atom. The fourth-order valence-corrected chi connectivity index (χ4v) is 3.77. The molecule has 0 unspecified atom stereocenters. The van der Waals surface area contributed by atoms with Crippen molar-refractivity contribution < 1.29 is 4.92 Å². The van der Waals surface area contributed by atoms with Crippen LogP contribution in [0.15, 0.2) is 47.3 Å². The first-order valence-corrected chi connectivity index (χ1v) is 8.64. The minimum absolute atomic E-state index is 0.0605. The van der Waals surface area contributed by atoms with Gasteiger partial charge in [0.1, 0.15) is 0 Å². The number of nitrogens with zero attached hydrogens (tertiary/aromatic N) is 4. The zero-order valence-corrected chi connectivity index (χ0v) is 14.9. The number of thiazole rings is 1. The van der Waals surface area contributed by atoms with E-state index >= 15 is 0 Å². The molecular formula is C18H14N4O3S. The minimum atomic E-state index is -0.477. The van der Waals surface area contributed by atoms with Crippen LogP contribution in [0.4, 0.5) is 11.4 Å². The Bertz CT molecular complexity index is 1260. The molecule has 2 heterocycles. The van der Waals surface area contributed by atoms with Gasteiger partial charge < -0.3 is 4.90 Å². The lowest BCUT2D eigenvalue weighted by molar-refractivity contribution is -0.384. The number of hydrogen-bond acceptors (Lipinski definition) is 6. The Morgan fingerprint density at radius 2 is 1.92 bits per heavy atom. The van der Waals surface area contributed by atoms with Gasteiger partial charge in [-0.1, -0.05) is 23.5 Å². The van der Waals surface area contributed by atoms with Gasteiger partial charge in [-0.2, -0.15) is 0 Å². The first kappa shape index (κ1) is 16.2. The van der Waals surface area contributed by atoms with E-state index in [1.165, 1.54) is 27.9 Å². The number of non-ortho nitro benzene ring substituents is 1. The Hall–Kier alpha value is -3.26. The van der Waals surface area contributed by atoms with Gasteiger partial charge in [0.2, 0.25) is 0 Å². The van der Waals surface area contributed by atoms with Crippen molar-refractivity contribution in [1.29, 1.82) is 0 Å². The van der Waals surface area contributed by atoms with Gasteiger partial charge in [0.15, 0.2) is 4.96 Å². The van der Waals surface area contributed by atoms with E-state index in [1.54, 1.807) is 6.07 Å². The molecule has 0 fully saturated rings. The van der Waals surface area contributed by atoms with Crippen LogP contribution in [0, 0.1) is 10.1 Å². The molecule has 4 aromatic rings. The van der Waals surface area contributed by atoms with Crippen LogP contribution in [0.5, 0.6) is 0 Å². The lowest BCUT2D eigenvalue weighted by Gasteiger charge is -2.11. The zero-order chi connectivity index (χ0) is 18.4. The van der Waals surface area contributed by atoms with Gasteiger partial charge in [-0.15, -0.1) is 0 Å². The average molecular weight is 366 g/mol. The number of hydrogen-bond donors (Lipinski definition) is 0.